The van der Waals surface area contributed by atoms with E-state index in [0.717, 1.165) is 43.0 Å². The molecule has 0 radical (unpaired) electrons. The predicted octanol–water partition coefficient (Wildman–Crippen LogP) is 1.74. The van der Waals surface area contributed by atoms with Gasteiger partial charge in [-0.25, -0.2) is 4.98 Å². The summed E-state index contributed by atoms with van der Waals surface area (Å²) in [6.45, 7) is 8.27. The zero-order valence-electron chi connectivity index (χ0n) is 10.9. The molecule has 1 aromatic heterocycles. The van der Waals surface area contributed by atoms with Gasteiger partial charge >= 0.3 is 0 Å². The SMILES string of the molecule is CC(C)(O)CN1CCN(c2ncccc2Br)CC1. The lowest BCUT2D eigenvalue weighted by Gasteiger charge is -2.38. The fraction of sp³-hybridized carbons (Fsp3) is 0.615. The third-order valence-electron chi connectivity index (χ3n) is 3.02. The van der Waals surface area contributed by atoms with Crippen LogP contribution in [0.3, 0.4) is 0 Å². The van der Waals surface area contributed by atoms with Crippen molar-refractivity contribution in [1.29, 1.82) is 0 Å². The van der Waals surface area contributed by atoms with Gasteiger partial charge in [-0.1, -0.05) is 0 Å². The average molecular weight is 314 g/mol. The molecular weight excluding hydrogens is 294 g/mol. The summed E-state index contributed by atoms with van der Waals surface area (Å²) in [6.07, 6.45) is 1.82. The Morgan fingerprint density at radius 3 is 2.56 bits per heavy atom. The summed E-state index contributed by atoms with van der Waals surface area (Å²) in [5.41, 5.74) is -0.617. The van der Waals surface area contributed by atoms with Gasteiger partial charge in [0, 0.05) is 38.9 Å². The molecule has 18 heavy (non-hydrogen) atoms. The van der Waals surface area contributed by atoms with Crippen molar-refractivity contribution in [3.05, 3.63) is 22.8 Å². The van der Waals surface area contributed by atoms with E-state index < -0.39 is 5.60 Å². The minimum atomic E-state index is -0.617. The van der Waals surface area contributed by atoms with Crippen molar-refractivity contribution in [2.75, 3.05) is 37.6 Å². The van der Waals surface area contributed by atoms with Crippen molar-refractivity contribution >= 4 is 21.7 Å². The lowest BCUT2D eigenvalue weighted by molar-refractivity contribution is 0.0344. The number of aromatic nitrogens is 1. The van der Waals surface area contributed by atoms with Crippen LogP contribution in [0.4, 0.5) is 5.82 Å². The molecule has 4 nitrogen and oxygen atoms in total. The second kappa shape index (κ2) is 5.55. The number of hydrogen-bond donors (Lipinski definition) is 1. The topological polar surface area (TPSA) is 39.6 Å². The minimum absolute atomic E-state index is 0.617. The van der Waals surface area contributed by atoms with Crippen LogP contribution < -0.4 is 4.90 Å². The maximum absolute atomic E-state index is 9.82. The molecule has 1 aliphatic rings. The molecule has 2 rings (SSSR count). The van der Waals surface area contributed by atoms with E-state index in [4.69, 9.17) is 0 Å². The fourth-order valence-corrected chi connectivity index (χ4v) is 2.78. The molecule has 1 aliphatic heterocycles. The summed E-state index contributed by atoms with van der Waals surface area (Å²) >= 11 is 3.54. The van der Waals surface area contributed by atoms with E-state index in [0.29, 0.717) is 0 Å². The van der Waals surface area contributed by atoms with Gasteiger partial charge in [-0.3, -0.25) is 4.90 Å². The highest BCUT2D eigenvalue weighted by Crippen LogP contribution is 2.24. The third-order valence-corrected chi connectivity index (χ3v) is 3.64. The highest BCUT2D eigenvalue weighted by atomic mass is 79.9. The van der Waals surface area contributed by atoms with Crippen molar-refractivity contribution in [2.24, 2.45) is 0 Å². The maximum atomic E-state index is 9.82. The van der Waals surface area contributed by atoms with E-state index in [9.17, 15) is 5.11 Å². The lowest BCUT2D eigenvalue weighted by Crippen LogP contribution is -2.50. The molecule has 5 heteroatoms. The van der Waals surface area contributed by atoms with Gasteiger partial charge in [-0.05, 0) is 41.9 Å². The maximum Gasteiger partial charge on any atom is 0.142 e. The van der Waals surface area contributed by atoms with Gasteiger partial charge in [-0.2, -0.15) is 0 Å². The number of β-amino-alcohol motifs (C(OH)–C–C–N with tert-alkyl or cyclic N) is 1. The van der Waals surface area contributed by atoms with Crippen LogP contribution in [0.5, 0.6) is 0 Å². The number of hydrogen-bond acceptors (Lipinski definition) is 4. The van der Waals surface area contributed by atoms with Gasteiger partial charge in [0.1, 0.15) is 5.82 Å². The molecular formula is C13H20BrN3O. The molecule has 0 saturated carbocycles. The minimum Gasteiger partial charge on any atom is -0.389 e. The Balaban J connectivity index is 1.93. The average Bonchev–Trinajstić information content (AvgIpc) is 2.29. The number of halogens is 1. The van der Waals surface area contributed by atoms with Crippen LogP contribution >= 0.6 is 15.9 Å². The Labute approximate surface area is 117 Å². The van der Waals surface area contributed by atoms with Crippen molar-refractivity contribution in [2.45, 2.75) is 19.4 Å². The molecule has 1 N–H and O–H groups in total. The number of nitrogens with zero attached hydrogens (tertiary/aromatic N) is 3. The van der Waals surface area contributed by atoms with Gasteiger partial charge in [0.25, 0.3) is 0 Å². The monoisotopic (exact) mass is 313 g/mol. The molecule has 0 spiro atoms. The smallest absolute Gasteiger partial charge is 0.142 e. The van der Waals surface area contributed by atoms with E-state index in [-0.39, 0.29) is 0 Å². The molecule has 0 unspecified atom stereocenters. The van der Waals surface area contributed by atoms with Crippen LogP contribution in [0.2, 0.25) is 0 Å². The Hall–Kier alpha value is -0.650. The van der Waals surface area contributed by atoms with Crippen LogP contribution in [-0.2, 0) is 0 Å². The first-order chi connectivity index (χ1) is 8.46. The summed E-state index contributed by atoms with van der Waals surface area (Å²) < 4.78 is 1.04. The highest BCUT2D eigenvalue weighted by Gasteiger charge is 2.23. The summed E-state index contributed by atoms with van der Waals surface area (Å²) in [5, 5.41) is 9.82. The Bertz CT molecular complexity index is 397. The summed E-state index contributed by atoms with van der Waals surface area (Å²) in [6, 6.07) is 3.95. The molecule has 1 fully saturated rings. The first kappa shape index (κ1) is 13.8. The Morgan fingerprint density at radius 2 is 2.00 bits per heavy atom. The predicted molar refractivity (Wildman–Crippen MR) is 76.9 cm³/mol. The molecule has 0 amide bonds. The van der Waals surface area contributed by atoms with Gasteiger partial charge in [-0.15, -0.1) is 0 Å². The Morgan fingerprint density at radius 1 is 1.33 bits per heavy atom. The van der Waals surface area contributed by atoms with Crippen LogP contribution in [0.1, 0.15) is 13.8 Å². The second-order valence-corrected chi connectivity index (χ2v) is 6.24. The fourth-order valence-electron chi connectivity index (χ4n) is 2.28. The molecule has 1 aromatic rings. The molecule has 0 aliphatic carbocycles. The zero-order valence-corrected chi connectivity index (χ0v) is 12.5. The van der Waals surface area contributed by atoms with Crippen molar-refractivity contribution in [1.82, 2.24) is 9.88 Å². The molecule has 0 aromatic carbocycles. The standard InChI is InChI=1S/C13H20BrN3O/c1-13(2,18)10-16-6-8-17(9-7-16)12-11(14)4-3-5-15-12/h3-5,18H,6-10H2,1-2H3. The van der Waals surface area contributed by atoms with Crippen LogP contribution in [0, 0.1) is 0 Å². The number of anilines is 1. The number of piperazine rings is 1. The molecule has 1 saturated heterocycles. The van der Waals surface area contributed by atoms with Crippen LogP contribution in [0.15, 0.2) is 22.8 Å². The van der Waals surface area contributed by atoms with Gasteiger partial charge < -0.3 is 10.0 Å². The number of pyridine rings is 1. The van der Waals surface area contributed by atoms with E-state index in [1.165, 1.54) is 0 Å². The second-order valence-electron chi connectivity index (χ2n) is 5.38. The van der Waals surface area contributed by atoms with Crippen molar-refractivity contribution in [3.63, 3.8) is 0 Å². The number of aliphatic hydroxyl groups is 1. The highest BCUT2D eigenvalue weighted by molar-refractivity contribution is 9.10. The molecule has 0 bridgehead atoms. The van der Waals surface area contributed by atoms with E-state index in [1.807, 2.05) is 32.2 Å². The first-order valence-corrected chi connectivity index (χ1v) is 7.05. The van der Waals surface area contributed by atoms with Crippen LogP contribution in [0.25, 0.3) is 0 Å². The molecule has 100 valence electrons. The zero-order chi connectivity index (χ0) is 13.2. The largest absolute Gasteiger partial charge is 0.389 e. The lowest BCUT2D eigenvalue weighted by atomic mass is 10.1. The third kappa shape index (κ3) is 3.67. The summed E-state index contributed by atoms with van der Waals surface area (Å²) in [4.78, 5) is 8.99. The van der Waals surface area contributed by atoms with E-state index in [2.05, 4.69) is 30.7 Å². The summed E-state index contributed by atoms with van der Waals surface area (Å²) in [5.74, 6) is 1.01. The summed E-state index contributed by atoms with van der Waals surface area (Å²) in [7, 11) is 0. The molecule has 0 atom stereocenters. The van der Waals surface area contributed by atoms with E-state index in [1.54, 1.807) is 0 Å². The van der Waals surface area contributed by atoms with Gasteiger partial charge in [0.15, 0.2) is 0 Å². The van der Waals surface area contributed by atoms with Gasteiger partial charge in [0.05, 0.1) is 10.1 Å². The van der Waals surface area contributed by atoms with Crippen molar-refractivity contribution < 1.29 is 5.11 Å². The van der Waals surface area contributed by atoms with E-state index >= 15 is 0 Å². The molecule has 2 heterocycles. The van der Waals surface area contributed by atoms with Gasteiger partial charge in [0.2, 0.25) is 0 Å². The number of rotatable bonds is 3. The van der Waals surface area contributed by atoms with Crippen molar-refractivity contribution in [3.8, 4) is 0 Å². The Kier molecular flexibility index (Phi) is 4.25. The van der Waals surface area contributed by atoms with Crippen LogP contribution in [-0.4, -0.2) is 53.3 Å². The normalized spacial score (nSPS) is 18.1. The first-order valence-electron chi connectivity index (χ1n) is 6.26. The quantitative estimate of drug-likeness (QED) is 0.922.